The van der Waals surface area contributed by atoms with Crippen molar-refractivity contribution < 1.29 is 19.2 Å². The van der Waals surface area contributed by atoms with Gasteiger partial charge >= 0.3 is 5.97 Å². The Morgan fingerprint density at radius 2 is 2.13 bits per heavy atom. The topological polar surface area (TPSA) is 92.5 Å². The van der Waals surface area contributed by atoms with Crippen molar-refractivity contribution in [3.8, 4) is 0 Å². The first-order valence-electron chi connectivity index (χ1n) is 3.89. The van der Waals surface area contributed by atoms with E-state index in [9.17, 15) is 19.3 Å². The zero-order valence-corrected chi connectivity index (χ0v) is 7.38. The number of nitro groups is 1. The van der Waals surface area contributed by atoms with E-state index in [1.807, 2.05) is 5.32 Å². The molecule has 0 aliphatic rings. The molecule has 80 valence electrons. The molecule has 1 rings (SSSR count). The highest BCUT2D eigenvalue weighted by Crippen LogP contribution is 2.23. The van der Waals surface area contributed by atoms with Gasteiger partial charge in [0, 0.05) is 6.07 Å². The number of hydrogen-bond acceptors (Lipinski definition) is 4. The van der Waals surface area contributed by atoms with E-state index in [0.29, 0.717) is 0 Å². The van der Waals surface area contributed by atoms with Gasteiger partial charge in [-0.1, -0.05) is 12.1 Å². The van der Waals surface area contributed by atoms with Gasteiger partial charge in [-0.3, -0.25) is 10.1 Å². The molecule has 0 aliphatic heterocycles. The van der Waals surface area contributed by atoms with Crippen molar-refractivity contribution >= 4 is 17.3 Å². The number of alkyl halides is 1. The second-order valence-electron chi connectivity index (χ2n) is 2.62. The first-order valence-corrected chi connectivity index (χ1v) is 3.89. The fourth-order valence-corrected chi connectivity index (χ4v) is 0.953. The molecule has 1 aromatic carbocycles. The molecule has 1 aromatic rings. The van der Waals surface area contributed by atoms with Crippen molar-refractivity contribution in [1.82, 2.24) is 0 Å². The number of benzene rings is 1. The molecule has 6 nitrogen and oxygen atoms in total. The largest absolute Gasteiger partial charge is 0.478 e. The third-order valence-corrected chi connectivity index (χ3v) is 1.60. The minimum Gasteiger partial charge on any atom is -0.478 e. The van der Waals surface area contributed by atoms with Crippen LogP contribution in [0.1, 0.15) is 0 Å². The Bertz CT molecular complexity index is 396. The number of anilines is 1. The second kappa shape index (κ2) is 4.36. The van der Waals surface area contributed by atoms with Crippen LogP contribution in [-0.2, 0) is 4.79 Å². The maximum Gasteiger partial charge on any atom is 0.359 e. The van der Waals surface area contributed by atoms with E-state index in [1.165, 1.54) is 18.2 Å². The summed E-state index contributed by atoms with van der Waals surface area (Å²) >= 11 is 0. The van der Waals surface area contributed by atoms with Crippen LogP contribution in [0.3, 0.4) is 0 Å². The monoisotopic (exact) mass is 214 g/mol. The molecule has 1 atom stereocenters. The number of rotatable bonds is 4. The lowest BCUT2D eigenvalue weighted by Crippen LogP contribution is -2.24. The van der Waals surface area contributed by atoms with Crippen LogP contribution in [0.4, 0.5) is 15.8 Å². The number of carboxylic acids is 1. The fraction of sp³-hybridized carbons (Fsp3) is 0.125. The smallest absolute Gasteiger partial charge is 0.359 e. The Hall–Kier alpha value is -2.18. The van der Waals surface area contributed by atoms with Crippen molar-refractivity contribution in [2.45, 2.75) is 6.30 Å². The molecule has 0 aromatic heterocycles. The number of aliphatic carboxylic acids is 1. The molecule has 2 N–H and O–H groups in total. The van der Waals surface area contributed by atoms with E-state index in [2.05, 4.69) is 0 Å². The minimum atomic E-state index is -2.37. The summed E-state index contributed by atoms with van der Waals surface area (Å²) in [5.41, 5.74) is -0.543. The summed E-state index contributed by atoms with van der Waals surface area (Å²) in [6, 6.07) is 5.21. The standard InChI is InChI=1S/C8H7FN2O4/c9-7(8(12)13)10-5-3-1-2-4-6(5)11(14)15/h1-4,7,10H,(H,12,13). The lowest BCUT2D eigenvalue weighted by molar-refractivity contribution is -0.384. The predicted octanol–water partition coefficient (Wildman–Crippen LogP) is 1.39. The van der Waals surface area contributed by atoms with Crippen LogP contribution < -0.4 is 5.32 Å². The van der Waals surface area contributed by atoms with Gasteiger partial charge in [0.15, 0.2) is 0 Å². The van der Waals surface area contributed by atoms with E-state index in [4.69, 9.17) is 5.11 Å². The quantitative estimate of drug-likeness (QED) is 0.448. The van der Waals surface area contributed by atoms with E-state index >= 15 is 0 Å². The Balaban J connectivity index is 2.94. The predicted molar refractivity (Wildman–Crippen MR) is 49.3 cm³/mol. The summed E-state index contributed by atoms with van der Waals surface area (Å²) in [6.07, 6.45) is -2.37. The number of carboxylic acid groups (broad SMARTS) is 1. The zero-order valence-electron chi connectivity index (χ0n) is 7.38. The minimum absolute atomic E-state index is 0.169. The molecule has 1 unspecified atom stereocenters. The number of carbonyl (C=O) groups is 1. The highest BCUT2D eigenvalue weighted by Gasteiger charge is 2.20. The van der Waals surface area contributed by atoms with Crippen LogP contribution in [0, 0.1) is 10.1 Å². The second-order valence-corrected chi connectivity index (χ2v) is 2.62. The molecule has 0 fully saturated rings. The van der Waals surface area contributed by atoms with Gasteiger partial charge in [0.1, 0.15) is 5.69 Å². The van der Waals surface area contributed by atoms with Crippen molar-refractivity contribution in [2.75, 3.05) is 5.32 Å². The number of hydrogen-bond donors (Lipinski definition) is 2. The van der Waals surface area contributed by atoms with Gasteiger partial charge in [-0.15, -0.1) is 0 Å². The molecule has 0 saturated heterocycles. The molecule has 0 heterocycles. The van der Waals surface area contributed by atoms with Crippen LogP contribution in [0.5, 0.6) is 0 Å². The molecular formula is C8H7FN2O4. The molecule has 0 saturated carbocycles. The maximum atomic E-state index is 12.7. The summed E-state index contributed by atoms with van der Waals surface area (Å²) < 4.78 is 12.7. The molecule has 0 amide bonds. The van der Waals surface area contributed by atoms with E-state index in [-0.39, 0.29) is 11.4 Å². The van der Waals surface area contributed by atoms with Gasteiger partial charge in [0.2, 0.25) is 0 Å². The Kier molecular flexibility index (Phi) is 3.17. The van der Waals surface area contributed by atoms with Crippen LogP contribution in [0.2, 0.25) is 0 Å². The Morgan fingerprint density at radius 1 is 1.53 bits per heavy atom. The molecule has 0 aliphatic carbocycles. The number of nitro benzene ring substituents is 1. The first kappa shape index (κ1) is 10.9. The number of nitrogens with one attached hydrogen (secondary N) is 1. The highest BCUT2D eigenvalue weighted by molar-refractivity contribution is 5.77. The molecular weight excluding hydrogens is 207 g/mol. The summed E-state index contributed by atoms with van der Waals surface area (Å²) in [5, 5.41) is 20.6. The molecule has 7 heteroatoms. The number of para-hydroxylation sites is 2. The van der Waals surface area contributed by atoms with Gasteiger partial charge in [-0.25, -0.2) is 9.18 Å². The highest BCUT2D eigenvalue weighted by atomic mass is 19.1. The Labute approximate surface area is 83.5 Å². The lowest BCUT2D eigenvalue weighted by Gasteiger charge is -2.07. The Morgan fingerprint density at radius 3 is 2.67 bits per heavy atom. The van der Waals surface area contributed by atoms with Crippen molar-refractivity contribution in [3.05, 3.63) is 34.4 Å². The SMILES string of the molecule is O=C(O)C(F)Nc1ccccc1[N+](=O)[O-]. The number of nitrogens with zero attached hydrogens (tertiary/aromatic N) is 1. The third-order valence-electron chi connectivity index (χ3n) is 1.60. The summed E-state index contributed by atoms with van der Waals surface area (Å²) in [6.45, 7) is 0. The van der Waals surface area contributed by atoms with Gasteiger partial charge in [0.25, 0.3) is 12.0 Å². The van der Waals surface area contributed by atoms with E-state index in [1.54, 1.807) is 0 Å². The van der Waals surface area contributed by atoms with Crippen molar-refractivity contribution in [1.29, 1.82) is 0 Å². The van der Waals surface area contributed by atoms with Gasteiger partial charge in [-0.05, 0) is 6.07 Å². The van der Waals surface area contributed by atoms with E-state index < -0.39 is 17.2 Å². The first-order chi connectivity index (χ1) is 7.02. The average molecular weight is 214 g/mol. The number of halogens is 1. The van der Waals surface area contributed by atoms with Gasteiger partial charge < -0.3 is 10.4 Å². The lowest BCUT2D eigenvalue weighted by atomic mass is 10.2. The molecule has 0 spiro atoms. The van der Waals surface area contributed by atoms with Gasteiger partial charge in [-0.2, -0.15) is 0 Å². The van der Waals surface area contributed by atoms with Gasteiger partial charge in [0.05, 0.1) is 4.92 Å². The van der Waals surface area contributed by atoms with Crippen molar-refractivity contribution in [2.24, 2.45) is 0 Å². The third kappa shape index (κ3) is 2.63. The average Bonchev–Trinajstić information content (AvgIpc) is 2.18. The fourth-order valence-electron chi connectivity index (χ4n) is 0.953. The van der Waals surface area contributed by atoms with Crippen LogP contribution >= 0.6 is 0 Å². The molecule has 0 radical (unpaired) electrons. The molecule has 15 heavy (non-hydrogen) atoms. The van der Waals surface area contributed by atoms with Crippen LogP contribution in [0.25, 0.3) is 0 Å². The normalized spacial score (nSPS) is 11.8. The van der Waals surface area contributed by atoms with Crippen LogP contribution in [-0.4, -0.2) is 22.3 Å². The summed E-state index contributed by atoms with van der Waals surface area (Å²) in [4.78, 5) is 19.9. The zero-order chi connectivity index (χ0) is 11.4. The maximum absolute atomic E-state index is 12.7. The van der Waals surface area contributed by atoms with E-state index in [0.717, 1.165) is 6.07 Å². The van der Waals surface area contributed by atoms with Crippen LogP contribution in [0.15, 0.2) is 24.3 Å². The van der Waals surface area contributed by atoms with Crippen molar-refractivity contribution in [3.63, 3.8) is 0 Å². The summed E-state index contributed by atoms with van der Waals surface area (Å²) in [7, 11) is 0. The summed E-state index contributed by atoms with van der Waals surface area (Å²) in [5.74, 6) is -1.73. The molecule has 0 bridgehead atoms.